The molecule has 3 aromatic rings. The van der Waals surface area contributed by atoms with Crippen molar-refractivity contribution in [1.29, 1.82) is 0 Å². The van der Waals surface area contributed by atoms with Crippen molar-refractivity contribution in [3.05, 3.63) is 54.1 Å². The molecule has 19 heavy (non-hydrogen) atoms. The van der Waals surface area contributed by atoms with Crippen LogP contribution in [0.5, 0.6) is 0 Å². The Bertz CT molecular complexity index is 711. The molecule has 0 aliphatic rings. The van der Waals surface area contributed by atoms with Crippen molar-refractivity contribution in [2.24, 2.45) is 0 Å². The molecule has 1 aromatic heterocycles. The Labute approximate surface area is 118 Å². The number of anilines is 1. The Kier molecular flexibility index (Phi) is 3.03. The maximum Gasteiger partial charge on any atom is 0.0630 e. The van der Waals surface area contributed by atoms with Crippen molar-refractivity contribution in [1.82, 2.24) is 0 Å². The minimum atomic E-state index is 1.30. The Morgan fingerprint density at radius 1 is 0.947 bits per heavy atom. The van der Waals surface area contributed by atoms with Crippen molar-refractivity contribution in [3.63, 3.8) is 0 Å². The summed E-state index contributed by atoms with van der Waals surface area (Å²) in [6.07, 6.45) is 0. The van der Waals surface area contributed by atoms with Crippen LogP contribution < -0.4 is 4.90 Å². The number of thiophene rings is 1. The van der Waals surface area contributed by atoms with Gasteiger partial charge in [0, 0.05) is 24.2 Å². The van der Waals surface area contributed by atoms with Crippen molar-refractivity contribution >= 4 is 27.1 Å². The fraction of sp³-hybridized carbons (Fsp3) is 0.176. The van der Waals surface area contributed by atoms with Gasteiger partial charge in [-0.3, -0.25) is 0 Å². The summed E-state index contributed by atoms with van der Waals surface area (Å²) >= 11 is 1.87. The molecule has 0 atom stereocenters. The van der Waals surface area contributed by atoms with E-state index in [-0.39, 0.29) is 0 Å². The summed E-state index contributed by atoms with van der Waals surface area (Å²) in [6.45, 7) is 2.15. The molecule has 0 radical (unpaired) electrons. The summed E-state index contributed by atoms with van der Waals surface area (Å²) in [5.74, 6) is 0. The lowest BCUT2D eigenvalue weighted by Crippen LogP contribution is -2.08. The average molecular weight is 267 g/mol. The Hall–Kier alpha value is -1.80. The first-order valence-electron chi connectivity index (χ1n) is 6.42. The van der Waals surface area contributed by atoms with Gasteiger partial charge in [-0.1, -0.05) is 42.0 Å². The monoisotopic (exact) mass is 267 g/mol. The van der Waals surface area contributed by atoms with Crippen molar-refractivity contribution in [3.8, 4) is 10.4 Å². The summed E-state index contributed by atoms with van der Waals surface area (Å²) in [7, 11) is 4.24. The quantitative estimate of drug-likeness (QED) is 0.635. The zero-order chi connectivity index (χ0) is 13.4. The molecule has 0 unspecified atom stereocenters. The molecule has 1 nitrogen and oxygen atoms in total. The summed E-state index contributed by atoms with van der Waals surface area (Å²) in [4.78, 5) is 3.58. The van der Waals surface area contributed by atoms with Crippen LogP contribution in [0.2, 0.25) is 0 Å². The van der Waals surface area contributed by atoms with Gasteiger partial charge >= 0.3 is 0 Å². The normalized spacial score (nSPS) is 10.9. The molecule has 0 aliphatic carbocycles. The van der Waals surface area contributed by atoms with Crippen LogP contribution in [0.4, 0.5) is 5.69 Å². The largest absolute Gasteiger partial charge is 0.376 e. The number of benzene rings is 2. The summed E-state index contributed by atoms with van der Waals surface area (Å²) < 4.78 is 1.35. The van der Waals surface area contributed by atoms with Gasteiger partial charge in [-0.05, 0) is 24.6 Å². The van der Waals surface area contributed by atoms with Crippen LogP contribution in [0.25, 0.3) is 20.5 Å². The smallest absolute Gasteiger partial charge is 0.0630 e. The summed E-state index contributed by atoms with van der Waals surface area (Å²) in [6, 6.07) is 17.3. The lowest BCUT2D eigenvalue weighted by Gasteiger charge is -2.14. The van der Waals surface area contributed by atoms with Gasteiger partial charge in [0.15, 0.2) is 0 Å². The number of rotatable bonds is 2. The van der Waals surface area contributed by atoms with E-state index in [2.05, 4.69) is 74.4 Å². The van der Waals surface area contributed by atoms with E-state index >= 15 is 0 Å². The first-order chi connectivity index (χ1) is 9.16. The predicted octanol–water partition coefficient (Wildman–Crippen LogP) is 4.94. The highest BCUT2D eigenvalue weighted by molar-refractivity contribution is 7.23. The van der Waals surface area contributed by atoms with Crippen LogP contribution >= 0.6 is 11.3 Å². The molecule has 0 spiro atoms. The number of fused-ring (bicyclic) bond motifs is 1. The molecular formula is C17H17NS. The number of hydrogen-bond donors (Lipinski definition) is 0. The zero-order valence-electron chi connectivity index (χ0n) is 11.5. The first-order valence-corrected chi connectivity index (χ1v) is 7.24. The van der Waals surface area contributed by atoms with Crippen LogP contribution in [0.3, 0.4) is 0 Å². The third kappa shape index (κ3) is 2.13. The van der Waals surface area contributed by atoms with Crippen LogP contribution in [0.1, 0.15) is 5.56 Å². The molecule has 2 aromatic carbocycles. The van der Waals surface area contributed by atoms with E-state index in [0.29, 0.717) is 0 Å². The molecule has 0 saturated carbocycles. The Balaban J connectivity index is 2.33. The van der Waals surface area contributed by atoms with Gasteiger partial charge in [-0.2, -0.15) is 0 Å². The SMILES string of the molecule is Cc1ccc2sc(-c3ccccc3)c(N(C)C)c2c1. The first kappa shape index (κ1) is 12.2. The molecule has 0 bridgehead atoms. The molecule has 0 saturated heterocycles. The van der Waals surface area contributed by atoms with E-state index in [1.165, 1.54) is 31.8 Å². The maximum absolute atomic E-state index is 2.29. The van der Waals surface area contributed by atoms with Crippen LogP contribution in [0.15, 0.2) is 48.5 Å². The van der Waals surface area contributed by atoms with Crippen LogP contribution in [-0.4, -0.2) is 14.1 Å². The van der Waals surface area contributed by atoms with Crippen molar-refractivity contribution in [2.45, 2.75) is 6.92 Å². The van der Waals surface area contributed by atoms with E-state index in [9.17, 15) is 0 Å². The lowest BCUT2D eigenvalue weighted by atomic mass is 10.1. The summed E-state index contributed by atoms with van der Waals surface area (Å²) in [5, 5.41) is 1.36. The molecule has 96 valence electrons. The minimum absolute atomic E-state index is 1.30. The molecule has 1 heterocycles. The van der Waals surface area contributed by atoms with Crippen molar-refractivity contribution in [2.75, 3.05) is 19.0 Å². The van der Waals surface area contributed by atoms with E-state index in [4.69, 9.17) is 0 Å². The second-order valence-electron chi connectivity index (χ2n) is 5.04. The molecule has 0 amide bonds. The highest BCUT2D eigenvalue weighted by atomic mass is 32.1. The van der Waals surface area contributed by atoms with Crippen LogP contribution in [0, 0.1) is 6.92 Å². The molecular weight excluding hydrogens is 250 g/mol. The zero-order valence-corrected chi connectivity index (χ0v) is 12.3. The lowest BCUT2D eigenvalue weighted by molar-refractivity contribution is 1.15. The van der Waals surface area contributed by atoms with E-state index in [1.54, 1.807) is 0 Å². The second-order valence-corrected chi connectivity index (χ2v) is 6.09. The van der Waals surface area contributed by atoms with Gasteiger partial charge in [-0.15, -0.1) is 11.3 Å². The number of nitrogens with zero attached hydrogens (tertiary/aromatic N) is 1. The number of aryl methyl sites for hydroxylation is 1. The standard InChI is InChI=1S/C17H17NS/c1-12-9-10-15-14(11-12)16(18(2)3)17(19-15)13-7-5-4-6-8-13/h4-11H,1-3H3. The average Bonchev–Trinajstić information content (AvgIpc) is 2.78. The predicted molar refractivity (Wildman–Crippen MR) is 86.3 cm³/mol. The van der Waals surface area contributed by atoms with Gasteiger partial charge in [0.1, 0.15) is 0 Å². The third-order valence-corrected chi connectivity index (χ3v) is 4.51. The van der Waals surface area contributed by atoms with Gasteiger partial charge in [0.25, 0.3) is 0 Å². The number of hydrogen-bond acceptors (Lipinski definition) is 2. The van der Waals surface area contributed by atoms with Crippen molar-refractivity contribution < 1.29 is 0 Å². The summed E-state index contributed by atoms with van der Waals surface area (Å²) in [5.41, 5.74) is 3.94. The topological polar surface area (TPSA) is 3.24 Å². The Morgan fingerprint density at radius 2 is 1.68 bits per heavy atom. The fourth-order valence-electron chi connectivity index (χ4n) is 2.43. The maximum atomic E-state index is 2.29. The van der Waals surface area contributed by atoms with Gasteiger partial charge in [-0.25, -0.2) is 0 Å². The molecule has 0 N–H and O–H groups in total. The van der Waals surface area contributed by atoms with Crippen LogP contribution in [-0.2, 0) is 0 Å². The molecule has 2 heteroatoms. The molecule has 0 fully saturated rings. The fourth-order valence-corrected chi connectivity index (χ4v) is 3.69. The highest BCUT2D eigenvalue weighted by Gasteiger charge is 2.15. The second kappa shape index (κ2) is 4.71. The van der Waals surface area contributed by atoms with Gasteiger partial charge in [0.2, 0.25) is 0 Å². The highest BCUT2D eigenvalue weighted by Crippen LogP contribution is 2.44. The van der Waals surface area contributed by atoms with E-state index < -0.39 is 0 Å². The molecule has 3 rings (SSSR count). The third-order valence-electron chi connectivity index (χ3n) is 3.30. The van der Waals surface area contributed by atoms with E-state index in [0.717, 1.165) is 0 Å². The van der Waals surface area contributed by atoms with E-state index in [1.807, 2.05) is 11.3 Å². The van der Waals surface area contributed by atoms with Gasteiger partial charge < -0.3 is 4.90 Å². The molecule has 0 aliphatic heterocycles. The minimum Gasteiger partial charge on any atom is -0.376 e. The van der Waals surface area contributed by atoms with Gasteiger partial charge in [0.05, 0.1) is 10.6 Å². The Morgan fingerprint density at radius 3 is 2.37 bits per heavy atom.